The van der Waals surface area contributed by atoms with Crippen LogP contribution in [0.4, 0.5) is 31.8 Å². The van der Waals surface area contributed by atoms with Gasteiger partial charge in [0.2, 0.25) is 5.95 Å². The highest BCUT2D eigenvalue weighted by molar-refractivity contribution is 9.10. The van der Waals surface area contributed by atoms with Crippen LogP contribution in [0.3, 0.4) is 0 Å². The molecule has 0 unspecified atom stereocenters. The molecule has 0 radical (unpaired) electrons. The van der Waals surface area contributed by atoms with Crippen molar-refractivity contribution >= 4 is 49.8 Å². The third-order valence-electron chi connectivity index (χ3n) is 6.54. The molecule has 1 saturated carbocycles. The molecule has 1 fully saturated rings. The molecule has 1 N–H and O–H groups in total. The quantitative estimate of drug-likeness (QED) is 0.187. The lowest BCUT2D eigenvalue weighted by Crippen LogP contribution is -2.28. The van der Waals surface area contributed by atoms with Crippen molar-refractivity contribution in [1.82, 2.24) is 19.4 Å². The van der Waals surface area contributed by atoms with Crippen molar-refractivity contribution in [3.8, 4) is 11.3 Å². The van der Waals surface area contributed by atoms with E-state index in [0.717, 1.165) is 31.1 Å². The van der Waals surface area contributed by atoms with Gasteiger partial charge in [-0.1, -0.05) is 0 Å². The van der Waals surface area contributed by atoms with Crippen LogP contribution in [0.25, 0.3) is 22.2 Å². The molecule has 0 saturated heterocycles. The zero-order chi connectivity index (χ0) is 27.1. The molecule has 1 aliphatic carbocycles. The zero-order valence-electron chi connectivity index (χ0n) is 21.1. The van der Waals surface area contributed by atoms with Crippen LogP contribution in [-0.4, -0.2) is 58.6 Å². The van der Waals surface area contributed by atoms with E-state index in [1.165, 1.54) is 18.2 Å². The largest absolute Gasteiger partial charge is 0.368 e. The number of likely N-dealkylation sites (N-methyl/N-ethyl adjacent to an activating group) is 2. The molecule has 12 heteroatoms. The van der Waals surface area contributed by atoms with Crippen LogP contribution in [0.1, 0.15) is 18.9 Å². The Morgan fingerprint density at radius 3 is 2.63 bits per heavy atom. The Bertz CT molecular complexity index is 1540. The van der Waals surface area contributed by atoms with Crippen LogP contribution in [0.5, 0.6) is 0 Å². The number of nitro benzene ring substituents is 1. The minimum atomic E-state index is -0.655. The number of halogens is 3. The molecule has 2 aromatic heterocycles. The number of anilines is 3. The summed E-state index contributed by atoms with van der Waals surface area (Å²) in [6, 6.07) is 7.81. The lowest BCUT2D eigenvalue weighted by molar-refractivity contribution is -0.384. The topological polar surface area (TPSA) is 92.4 Å². The molecule has 0 amide bonds. The Hall–Kier alpha value is -3.64. The number of hydrogen-bond donors (Lipinski definition) is 1. The van der Waals surface area contributed by atoms with Gasteiger partial charge in [0, 0.05) is 59.4 Å². The molecule has 198 valence electrons. The first kappa shape index (κ1) is 26.0. The lowest BCUT2D eigenvalue weighted by atomic mass is 10.1. The average molecular weight is 586 g/mol. The smallest absolute Gasteiger partial charge is 0.294 e. The predicted octanol–water partition coefficient (Wildman–Crippen LogP) is 6.12. The van der Waals surface area contributed by atoms with E-state index in [4.69, 9.17) is 0 Å². The number of aromatic nitrogens is 3. The summed E-state index contributed by atoms with van der Waals surface area (Å²) in [5.74, 6) is -1.03. The Morgan fingerprint density at radius 1 is 1.18 bits per heavy atom. The first-order valence-corrected chi connectivity index (χ1v) is 12.9. The van der Waals surface area contributed by atoms with E-state index in [1.54, 1.807) is 25.4 Å². The van der Waals surface area contributed by atoms with Gasteiger partial charge in [0.05, 0.1) is 16.8 Å². The van der Waals surface area contributed by atoms with Crippen molar-refractivity contribution in [2.45, 2.75) is 18.9 Å². The molecule has 2 heterocycles. The van der Waals surface area contributed by atoms with Gasteiger partial charge in [-0.2, -0.15) is 0 Å². The maximum absolute atomic E-state index is 15.0. The first-order chi connectivity index (χ1) is 18.1. The summed E-state index contributed by atoms with van der Waals surface area (Å²) in [5.41, 5.74) is 1.99. The van der Waals surface area contributed by atoms with Crippen LogP contribution < -0.4 is 10.2 Å². The van der Waals surface area contributed by atoms with Gasteiger partial charge in [0.25, 0.3) is 5.69 Å². The van der Waals surface area contributed by atoms with E-state index >= 15 is 4.39 Å². The van der Waals surface area contributed by atoms with Crippen LogP contribution in [0, 0.1) is 21.7 Å². The van der Waals surface area contributed by atoms with Gasteiger partial charge >= 0.3 is 0 Å². The molecule has 38 heavy (non-hydrogen) atoms. The average Bonchev–Trinajstić information content (AvgIpc) is 3.65. The molecule has 0 aliphatic heterocycles. The Labute approximate surface area is 226 Å². The Morgan fingerprint density at radius 2 is 1.95 bits per heavy atom. The highest BCUT2D eigenvalue weighted by Gasteiger charge is 2.27. The molecule has 4 aromatic rings. The lowest BCUT2D eigenvalue weighted by Gasteiger charge is -2.22. The van der Waals surface area contributed by atoms with Crippen molar-refractivity contribution in [1.29, 1.82) is 0 Å². The minimum absolute atomic E-state index is 0.0168. The number of nitrogens with one attached hydrogen (secondary N) is 1. The van der Waals surface area contributed by atoms with Gasteiger partial charge in [-0.3, -0.25) is 10.1 Å². The second-order valence-electron chi connectivity index (χ2n) is 9.66. The Kier molecular flexibility index (Phi) is 7.01. The number of rotatable bonds is 9. The number of benzene rings is 2. The van der Waals surface area contributed by atoms with E-state index in [9.17, 15) is 14.5 Å². The standard InChI is InChI=1S/C26H26BrF2N7O2/c1-33(2)8-9-34(3)23-11-19(27)21(12-24(23)36(37)38)31-26-30-13-20(29)25(32-26)18-14-35(16-5-6-16)22-7-4-15(28)10-17(18)22/h4,7,10-14,16H,5-6,8-9H2,1-3H3,(H,30,31,32). The number of nitro groups is 1. The molecule has 0 atom stereocenters. The Balaban J connectivity index is 1.51. The molecule has 0 spiro atoms. The van der Waals surface area contributed by atoms with Gasteiger partial charge in [-0.05, 0) is 67.1 Å². The van der Waals surface area contributed by atoms with Gasteiger partial charge in [0.1, 0.15) is 17.2 Å². The summed E-state index contributed by atoms with van der Waals surface area (Å²) in [6.07, 6.45) is 4.85. The number of nitrogens with zero attached hydrogens (tertiary/aromatic N) is 6. The summed E-state index contributed by atoms with van der Waals surface area (Å²) in [5, 5.41) is 15.4. The summed E-state index contributed by atoms with van der Waals surface area (Å²) in [7, 11) is 5.66. The summed E-state index contributed by atoms with van der Waals surface area (Å²) in [6.45, 7) is 1.31. The second-order valence-corrected chi connectivity index (χ2v) is 10.5. The molecule has 1 aliphatic rings. The van der Waals surface area contributed by atoms with Crippen LogP contribution in [0.15, 0.2) is 47.2 Å². The molecule has 9 nitrogen and oxygen atoms in total. The first-order valence-electron chi connectivity index (χ1n) is 12.1. The van der Waals surface area contributed by atoms with E-state index in [1.807, 2.05) is 28.5 Å². The molecule has 2 aromatic carbocycles. The van der Waals surface area contributed by atoms with E-state index in [2.05, 4.69) is 31.2 Å². The summed E-state index contributed by atoms with van der Waals surface area (Å²) in [4.78, 5) is 23.7. The van der Waals surface area contributed by atoms with Crippen molar-refractivity contribution in [3.05, 3.63) is 68.9 Å². The fraction of sp³-hybridized carbons (Fsp3) is 0.308. The van der Waals surface area contributed by atoms with E-state index in [0.29, 0.717) is 39.4 Å². The fourth-order valence-electron chi connectivity index (χ4n) is 4.38. The highest BCUT2D eigenvalue weighted by atomic mass is 79.9. The fourth-order valence-corrected chi connectivity index (χ4v) is 4.81. The van der Waals surface area contributed by atoms with Crippen molar-refractivity contribution in [2.24, 2.45) is 0 Å². The van der Waals surface area contributed by atoms with E-state index in [-0.39, 0.29) is 17.3 Å². The monoisotopic (exact) mass is 585 g/mol. The summed E-state index contributed by atoms with van der Waals surface area (Å²) < 4.78 is 31.7. The maximum Gasteiger partial charge on any atom is 0.294 e. The highest BCUT2D eigenvalue weighted by Crippen LogP contribution is 2.42. The van der Waals surface area contributed by atoms with Gasteiger partial charge in [-0.25, -0.2) is 18.7 Å². The van der Waals surface area contributed by atoms with Gasteiger partial charge in [-0.15, -0.1) is 0 Å². The molecule has 0 bridgehead atoms. The van der Waals surface area contributed by atoms with E-state index < -0.39 is 16.6 Å². The van der Waals surface area contributed by atoms with Crippen molar-refractivity contribution in [3.63, 3.8) is 0 Å². The van der Waals surface area contributed by atoms with Crippen LogP contribution >= 0.6 is 15.9 Å². The zero-order valence-corrected chi connectivity index (χ0v) is 22.7. The third kappa shape index (κ3) is 5.18. The van der Waals surface area contributed by atoms with Gasteiger partial charge in [0.15, 0.2) is 5.82 Å². The van der Waals surface area contributed by atoms with Crippen LogP contribution in [-0.2, 0) is 0 Å². The minimum Gasteiger partial charge on any atom is -0.368 e. The number of fused-ring (bicyclic) bond motifs is 1. The van der Waals surface area contributed by atoms with Gasteiger partial charge < -0.3 is 19.7 Å². The van der Waals surface area contributed by atoms with Crippen LogP contribution in [0.2, 0.25) is 0 Å². The molecular weight excluding hydrogens is 560 g/mol. The predicted molar refractivity (Wildman–Crippen MR) is 147 cm³/mol. The number of hydrogen-bond acceptors (Lipinski definition) is 7. The second kappa shape index (κ2) is 10.3. The maximum atomic E-state index is 15.0. The SMILES string of the molecule is CN(C)CCN(C)c1cc(Br)c(Nc2ncc(F)c(-c3cn(C4CC4)c4ccc(F)cc34)n2)cc1[N+](=O)[O-]. The van der Waals surface area contributed by atoms with Crippen molar-refractivity contribution in [2.75, 3.05) is 44.4 Å². The summed E-state index contributed by atoms with van der Waals surface area (Å²) >= 11 is 3.48. The molecule has 5 rings (SSSR count). The van der Waals surface area contributed by atoms with Crippen molar-refractivity contribution < 1.29 is 13.7 Å². The normalized spacial score (nSPS) is 13.3. The third-order valence-corrected chi connectivity index (χ3v) is 7.19. The molecular formula is C26H26BrF2N7O2.